The number of amides is 1. The summed E-state index contributed by atoms with van der Waals surface area (Å²) in [5.41, 5.74) is 2.62. The Morgan fingerprint density at radius 3 is 2.54 bits per heavy atom. The van der Waals surface area contributed by atoms with E-state index in [0.29, 0.717) is 29.5 Å². The molecule has 1 saturated carbocycles. The smallest absolute Gasteiger partial charge is 0.224 e. The Morgan fingerprint density at radius 1 is 1.15 bits per heavy atom. The van der Waals surface area contributed by atoms with Gasteiger partial charge in [-0.25, -0.2) is 0 Å². The Balaban J connectivity index is 1.48. The van der Waals surface area contributed by atoms with E-state index in [1.807, 2.05) is 18.2 Å². The number of carbonyl (C=O) groups excluding carboxylic acids is 1. The maximum Gasteiger partial charge on any atom is 0.224 e. The number of nitrogens with zero attached hydrogens (tertiary/aromatic N) is 1. The number of benzene rings is 2. The molecule has 26 heavy (non-hydrogen) atoms. The predicted octanol–water partition coefficient (Wildman–Crippen LogP) is 4.87. The van der Waals surface area contributed by atoms with Gasteiger partial charge in [-0.2, -0.15) is 5.26 Å². The van der Waals surface area contributed by atoms with E-state index in [1.54, 1.807) is 25.3 Å². The number of anilines is 1. The van der Waals surface area contributed by atoms with E-state index in [-0.39, 0.29) is 5.91 Å². The van der Waals surface area contributed by atoms with Gasteiger partial charge in [0.05, 0.1) is 18.7 Å². The minimum absolute atomic E-state index is 0.0352. The summed E-state index contributed by atoms with van der Waals surface area (Å²) in [5, 5.41) is 11.9. The average Bonchev–Trinajstić information content (AvgIpc) is 2.69. The van der Waals surface area contributed by atoms with Crippen molar-refractivity contribution in [1.82, 2.24) is 0 Å². The van der Waals surface area contributed by atoms with Crippen molar-refractivity contribution in [2.24, 2.45) is 5.92 Å². The molecule has 0 bridgehead atoms. The summed E-state index contributed by atoms with van der Waals surface area (Å²) in [7, 11) is 1.68. The molecule has 3 rings (SSSR count). The molecule has 0 radical (unpaired) electrons. The van der Waals surface area contributed by atoms with Crippen molar-refractivity contribution in [2.75, 3.05) is 12.4 Å². The first-order chi connectivity index (χ1) is 12.7. The molecule has 1 amide bonds. The van der Waals surface area contributed by atoms with Crippen LogP contribution in [0.2, 0.25) is 0 Å². The number of methoxy groups -OCH3 is 1. The van der Waals surface area contributed by atoms with Crippen LogP contribution in [0.3, 0.4) is 0 Å². The van der Waals surface area contributed by atoms with Crippen LogP contribution >= 0.6 is 0 Å². The van der Waals surface area contributed by atoms with Crippen molar-refractivity contribution in [1.29, 1.82) is 5.26 Å². The van der Waals surface area contributed by atoms with Gasteiger partial charge in [-0.15, -0.1) is 0 Å². The third-order valence-corrected chi connectivity index (χ3v) is 5.18. The monoisotopic (exact) mass is 348 g/mol. The van der Waals surface area contributed by atoms with E-state index in [2.05, 4.69) is 23.5 Å². The van der Waals surface area contributed by atoms with Crippen molar-refractivity contribution in [3.63, 3.8) is 0 Å². The van der Waals surface area contributed by atoms with Gasteiger partial charge < -0.3 is 10.1 Å². The lowest BCUT2D eigenvalue weighted by molar-refractivity contribution is -0.117. The maximum atomic E-state index is 12.3. The molecular formula is C22H24N2O2. The van der Waals surface area contributed by atoms with Gasteiger partial charge >= 0.3 is 0 Å². The van der Waals surface area contributed by atoms with Gasteiger partial charge in [0.2, 0.25) is 5.91 Å². The highest BCUT2D eigenvalue weighted by atomic mass is 16.5. The number of hydrogen-bond acceptors (Lipinski definition) is 3. The van der Waals surface area contributed by atoms with Crippen LogP contribution in [0.15, 0.2) is 48.5 Å². The Morgan fingerprint density at radius 2 is 1.88 bits per heavy atom. The van der Waals surface area contributed by atoms with E-state index < -0.39 is 0 Å². The molecule has 0 spiro atoms. The van der Waals surface area contributed by atoms with Crippen LogP contribution in [0, 0.1) is 17.2 Å². The first-order valence-electron chi connectivity index (χ1n) is 9.12. The Bertz CT molecular complexity index is 785. The fourth-order valence-electron chi connectivity index (χ4n) is 3.72. The van der Waals surface area contributed by atoms with E-state index >= 15 is 0 Å². The molecule has 1 fully saturated rings. The van der Waals surface area contributed by atoms with Gasteiger partial charge in [-0.3, -0.25) is 4.79 Å². The van der Waals surface area contributed by atoms with Crippen LogP contribution < -0.4 is 10.1 Å². The second kappa shape index (κ2) is 8.53. The largest absolute Gasteiger partial charge is 0.497 e. The summed E-state index contributed by atoms with van der Waals surface area (Å²) in [4.78, 5) is 12.3. The zero-order valence-electron chi connectivity index (χ0n) is 15.1. The van der Waals surface area contributed by atoms with Crippen LogP contribution in [-0.2, 0) is 4.79 Å². The molecule has 1 N–H and O–H groups in total. The van der Waals surface area contributed by atoms with E-state index in [9.17, 15) is 4.79 Å². The second-order valence-electron chi connectivity index (χ2n) is 6.94. The number of ether oxygens (including phenoxy) is 1. The maximum absolute atomic E-state index is 12.3. The van der Waals surface area contributed by atoms with Crippen LogP contribution in [-0.4, -0.2) is 13.0 Å². The standard InChI is InChI=1S/C22H24N2O2/c1-26-21-11-9-19(10-12-21)18-7-5-16(6-8-18)14-22(25)24-20-4-2-3-17(13-20)15-23/h2-4,9-13,16,18H,5-8,14H2,1H3,(H,24,25). The lowest BCUT2D eigenvalue weighted by atomic mass is 9.77. The van der Waals surface area contributed by atoms with Crippen molar-refractivity contribution in [2.45, 2.75) is 38.0 Å². The first-order valence-corrected chi connectivity index (χ1v) is 9.12. The van der Waals surface area contributed by atoms with Gasteiger partial charge in [-0.05, 0) is 73.4 Å². The van der Waals surface area contributed by atoms with Gasteiger partial charge in [0.1, 0.15) is 5.75 Å². The highest BCUT2D eigenvalue weighted by molar-refractivity contribution is 5.91. The van der Waals surface area contributed by atoms with Crippen LogP contribution in [0.25, 0.3) is 0 Å². The summed E-state index contributed by atoms with van der Waals surface area (Å²) in [6.45, 7) is 0. The fraction of sp³-hybridized carbons (Fsp3) is 0.364. The predicted molar refractivity (Wildman–Crippen MR) is 102 cm³/mol. The van der Waals surface area contributed by atoms with Gasteiger partial charge in [0.15, 0.2) is 0 Å². The number of nitrogens with one attached hydrogen (secondary N) is 1. The molecule has 0 aromatic heterocycles. The van der Waals surface area contributed by atoms with Gasteiger partial charge in [-0.1, -0.05) is 18.2 Å². The highest BCUT2D eigenvalue weighted by Crippen LogP contribution is 2.37. The minimum atomic E-state index is 0.0352. The lowest BCUT2D eigenvalue weighted by Crippen LogP contribution is -2.20. The SMILES string of the molecule is COc1ccc(C2CCC(CC(=O)Nc3cccc(C#N)c3)CC2)cc1. The Labute approximate surface area is 154 Å². The Hall–Kier alpha value is -2.80. The van der Waals surface area contributed by atoms with E-state index in [1.165, 1.54) is 5.56 Å². The van der Waals surface area contributed by atoms with Crippen LogP contribution in [0.5, 0.6) is 5.75 Å². The molecule has 0 unspecified atom stereocenters. The lowest BCUT2D eigenvalue weighted by Gasteiger charge is -2.28. The number of rotatable bonds is 5. The molecule has 134 valence electrons. The fourth-order valence-corrected chi connectivity index (χ4v) is 3.72. The first kappa shape index (κ1) is 18.0. The molecular weight excluding hydrogens is 324 g/mol. The highest BCUT2D eigenvalue weighted by Gasteiger charge is 2.24. The van der Waals surface area contributed by atoms with Crippen molar-refractivity contribution >= 4 is 11.6 Å². The number of carbonyl (C=O) groups is 1. The third kappa shape index (κ3) is 4.64. The molecule has 0 atom stereocenters. The number of hydrogen-bond donors (Lipinski definition) is 1. The van der Waals surface area contributed by atoms with Crippen molar-refractivity contribution < 1.29 is 9.53 Å². The molecule has 0 heterocycles. The van der Waals surface area contributed by atoms with Gasteiger partial charge in [0.25, 0.3) is 0 Å². The third-order valence-electron chi connectivity index (χ3n) is 5.18. The molecule has 0 aliphatic heterocycles. The zero-order valence-corrected chi connectivity index (χ0v) is 15.1. The molecule has 2 aromatic carbocycles. The quantitative estimate of drug-likeness (QED) is 0.838. The summed E-state index contributed by atoms with van der Waals surface area (Å²) >= 11 is 0. The Kier molecular flexibility index (Phi) is 5.91. The van der Waals surface area contributed by atoms with Crippen molar-refractivity contribution in [3.05, 3.63) is 59.7 Å². The molecule has 2 aromatic rings. The topological polar surface area (TPSA) is 62.1 Å². The van der Waals surface area contributed by atoms with E-state index in [4.69, 9.17) is 10.00 Å². The second-order valence-corrected chi connectivity index (χ2v) is 6.94. The summed E-state index contributed by atoms with van der Waals surface area (Å²) < 4.78 is 5.22. The molecule has 4 heteroatoms. The summed E-state index contributed by atoms with van der Waals surface area (Å²) in [6.07, 6.45) is 4.93. The van der Waals surface area contributed by atoms with E-state index in [0.717, 1.165) is 31.4 Å². The molecule has 1 aliphatic carbocycles. The minimum Gasteiger partial charge on any atom is -0.497 e. The molecule has 4 nitrogen and oxygen atoms in total. The van der Waals surface area contributed by atoms with Gasteiger partial charge in [0, 0.05) is 12.1 Å². The normalized spacial score (nSPS) is 19.4. The molecule has 1 aliphatic rings. The van der Waals surface area contributed by atoms with Crippen LogP contribution in [0.4, 0.5) is 5.69 Å². The van der Waals surface area contributed by atoms with Crippen LogP contribution in [0.1, 0.15) is 49.1 Å². The van der Waals surface area contributed by atoms with Crippen molar-refractivity contribution in [3.8, 4) is 11.8 Å². The molecule has 0 saturated heterocycles. The zero-order chi connectivity index (χ0) is 18.4. The number of nitriles is 1. The summed E-state index contributed by atoms with van der Waals surface area (Å²) in [6, 6.07) is 17.5. The average molecular weight is 348 g/mol. The summed E-state index contributed by atoms with van der Waals surface area (Å²) in [5.74, 6) is 1.93.